The van der Waals surface area contributed by atoms with Gasteiger partial charge in [-0.2, -0.15) is 5.26 Å². The zero-order valence-corrected chi connectivity index (χ0v) is 10.3. The largest absolute Gasteiger partial charge is 0.396 e. The molecule has 1 fully saturated rings. The molecule has 3 nitrogen and oxygen atoms in total. The predicted molar refractivity (Wildman–Crippen MR) is 66.6 cm³/mol. The zero-order chi connectivity index (χ0) is 12.3. The van der Waals surface area contributed by atoms with Crippen LogP contribution in [-0.2, 0) is 6.54 Å². The second-order valence-corrected chi connectivity index (χ2v) is 4.90. The third kappa shape index (κ3) is 2.98. The third-order valence-corrected chi connectivity index (χ3v) is 3.56. The number of hydrogen-bond donors (Lipinski definition) is 1. The summed E-state index contributed by atoms with van der Waals surface area (Å²) in [6.07, 6.45) is 1.05. The van der Waals surface area contributed by atoms with Gasteiger partial charge in [0, 0.05) is 24.7 Å². The van der Waals surface area contributed by atoms with Crippen LogP contribution < -0.4 is 0 Å². The topological polar surface area (TPSA) is 47.3 Å². The fraction of sp³-hybridized carbons (Fsp3) is 0.462. The van der Waals surface area contributed by atoms with Gasteiger partial charge in [0.05, 0.1) is 11.6 Å². The molecule has 0 radical (unpaired) electrons. The molecule has 2 rings (SSSR count). The highest BCUT2D eigenvalue weighted by Crippen LogP contribution is 2.23. The normalized spacial score (nSPS) is 20.4. The Balaban J connectivity index is 2.02. The molecule has 1 N–H and O–H groups in total. The molecule has 1 atom stereocenters. The lowest BCUT2D eigenvalue weighted by molar-refractivity contribution is 0.220. The van der Waals surface area contributed by atoms with Crippen LogP contribution in [0.5, 0.6) is 0 Å². The van der Waals surface area contributed by atoms with Crippen LogP contribution in [0.3, 0.4) is 0 Å². The Labute approximate surface area is 106 Å². The van der Waals surface area contributed by atoms with E-state index in [1.54, 1.807) is 12.1 Å². The van der Waals surface area contributed by atoms with Crippen molar-refractivity contribution in [1.29, 1.82) is 5.26 Å². The quantitative estimate of drug-likeness (QED) is 0.893. The Bertz CT molecular complexity index is 442. The molecule has 1 aliphatic heterocycles. The van der Waals surface area contributed by atoms with Gasteiger partial charge in [0.2, 0.25) is 0 Å². The first-order valence-electron chi connectivity index (χ1n) is 5.74. The van der Waals surface area contributed by atoms with Gasteiger partial charge in [-0.3, -0.25) is 4.90 Å². The van der Waals surface area contributed by atoms with Gasteiger partial charge in [-0.25, -0.2) is 0 Å². The molecule has 0 aromatic heterocycles. The average molecular weight is 251 g/mol. The van der Waals surface area contributed by atoms with Gasteiger partial charge >= 0.3 is 0 Å². The summed E-state index contributed by atoms with van der Waals surface area (Å²) in [4.78, 5) is 2.29. The second kappa shape index (κ2) is 5.50. The van der Waals surface area contributed by atoms with Gasteiger partial charge < -0.3 is 5.11 Å². The first-order chi connectivity index (χ1) is 8.22. The van der Waals surface area contributed by atoms with E-state index in [-0.39, 0.29) is 6.61 Å². The molecule has 1 aromatic rings. The molecule has 0 aliphatic carbocycles. The lowest BCUT2D eigenvalue weighted by Gasteiger charge is -2.16. The molecule has 1 heterocycles. The minimum Gasteiger partial charge on any atom is -0.396 e. The Morgan fingerprint density at radius 2 is 2.35 bits per heavy atom. The SMILES string of the molecule is N#Cc1ccc(CN2CCC(CO)C2)c(Cl)c1. The van der Waals surface area contributed by atoms with Crippen molar-refractivity contribution in [3.05, 3.63) is 34.3 Å². The van der Waals surface area contributed by atoms with Crippen LogP contribution in [0.4, 0.5) is 0 Å². The van der Waals surface area contributed by atoms with E-state index in [9.17, 15) is 0 Å². The molecule has 1 aromatic carbocycles. The Hall–Kier alpha value is -1.08. The van der Waals surface area contributed by atoms with Gasteiger partial charge in [-0.15, -0.1) is 0 Å². The summed E-state index contributed by atoms with van der Waals surface area (Å²) < 4.78 is 0. The predicted octanol–water partition coefficient (Wildman–Crippen LogP) is 2.03. The van der Waals surface area contributed by atoms with E-state index in [2.05, 4.69) is 11.0 Å². The molecule has 1 aliphatic rings. The van der Waals surface area contributed by atoms with Crippen LogP contribution in [0.2, 0.25) is 5.02 Å². The van der Waals surface area contributed by atoms with E-state index < -0.39 is 0 Å². The lowest BCUT2D eigenvalue weighted by Crippen LogP contribution is -2.21. The third-order valence-electron chi connectivity index (χ3n) is 3.20. The molecule has 0 saturated carbocycles. The van der Waals surface area contributed by atoms with Crippen LogP contribution in [0.1, 0.15) is 17.5 Å². The van der Waals surface area contributed by atoms with Crippen LogP contribution in [-0.4, -0.2) is 29.7 Å². The van der Waals surface area contributed by atoms with Crippen molar-refractivity contribution < 1.29 is 5.11 Å². The minimum atomic E-state index is 0.262. The molecule has 0 spiro atoms. The minimum absolute atomic E-state index is 0.262. The maximum atomic E-state index is 9.08. The number of halogens is 1. The number of benzene rings is 1. The van der Waals surface area contributed by atoms with Gasteiger partial charge in [0.25, 0.3) is 0 Å². The fourth-order valence-electron chi connectivity index (χ4n) is 2.19. The van der Waals surface area contributed by atoms with Crippen LogP contribution in [0, 0.1) is 17.2 Å². The van der Waals surface area contributed by atoms with Crippen molar-refractivity contribution in [1.82, 2.24) is 4.90 Å². The van der Waals surface area contributed by atoms with E-state index in [0.29, 0.717) is 16.5 Å². The van der Waals surface area contributed by atoms with Crippen molar-refractivity contribution in [2.45, 2.75) is 13.0 Å². The van der Waals surface area contributed by atoms with Gasteiger partial charge in [0.15, 0.2) is 0 Å². The molecule has 4 heteroatoms. The molecular weight excluding hydrogens is 236 g/mol. The molecule has 17 heavy (non-hydrogen) atoms. The summed E-state index contributed by atoms with van der Waals surface area (Å²) in [5.74, 6) is 0.396. The van der Waals surface area contributed by atoms with Crippen LogP contribution in [0.15, 0.2) is 18.2 Å². The summed E-state index contributed by atoms with van der Waals surface area (Å²) in [7, 11) is 0. The van der Waals surface area contributed by atoms with E-state index >= 15 is 0 Å². The second-order valence-electron chi connectivity index (χ2n) is 4.49. The van der Waals surface area contributed by atoms with E-state index in [1.165, 1.54) is 0 Å². The van der Waals surface area contributed by atoms with Crippen molar-refractivity contribution in [2.75, 3.05) is 19.7 Å². The van der Waals surface area contributed by atoms with Crippen molar-refractivity contribution in [3.8, 4) is 6.07 Å². The maximum Gasteiger partial charge on any atom is 0.0992 e. The Morgan fingerprint density at radius 1 is 1.53 bits per heavy atom. The van der Waals surface area contributed by atoms with Crippen LogP contribution in [0.25, 0.3) is 0 Å². The van der Waals surface area contributed by atoms with Crippen molar-refractivity contribution >= 4 is 11.6 Å². The highest BCUT2D eigenvalue weighted by atomic mass is 35.5. The van der Waals surface area contributed by atoms with Crippen molar-refractivity contribution in [2.24, 2.45) is 5.92 Å². The highest BCUT2D eigenvalue weighted by Gasteiger charge is 2.22. The highest BCUT2D eigenvalue weighted by molar-refractivity contribution is 6.31. The van der Waals surface area contributed by atoms with E-state index in [4.69, 9.17) is 22.0 Å². The number of nitrogens with zero attached hydrogens (tertiary/aromatic N) is 2. The summed E-state index contributed by atoms with van der Waals surface area (Å²) in [6.45, 7) is 2.98. The van der Waals surface area contributed by atoms with Gasteiger partial charge in [-0.1, -0.05) is 17.7 Å². The maximum absolute atomic E-state index is 9.08. The summed E-state index contributed by atoms with van der Waals surface area (Å²) in [5.41, 5.74) is 1.64. The van der Waals surface area contributed by atoms with Gasteiger partial charge in [0.1, 0.15) is 0 Å². The number of aliphatic hydroxyl groups is 1. The monoisotopic (exact) mass is 250 g/mol. The average Bonchev–Trinajstić information content (AvgIpc) is 2.79. The standard InChI is InChI=1S/C13H15ClN2O/c14-13-5-10(6-15)1-2-12(13)8-16-4-3-11(7-16)9-17/h1-2,5,11,17H,3-4,7-9H2. The van der Waals surface area contributed by atoms with E-state index in [1.807, 2.05) is 6.07 Å². The van der Waals surface area contributed by atoms with E-state index in [0.717, 1.165) is 31.6 Å². The summed E-state index contributed by atoms with van der Waals surface area (Å²) in [6, 6.07) is 7.48. The van der Waals surface area contributed by atoms with Crippen LogP contribution >= 0.6 is 11.6 Å². The molecule has 0 amide bonds. The molecule has 90 valence electrons. The Morgan fingerprint density at radius 3 is 2.94 bits per heavy atom. The summed E-state index contributed by atoms with van der Waals surface area (Å²) in [5, 5.41) is 18.5. The number of aliphatic hydroxyl groups excluding tert-OH is 1. The number of nitriles is 1. The number of hydrogen-bond acceptors (Lipinski definition) is 3. The fourth-order valence-corrected chi connectivity index (χ4v) is 2.43. The zero-order valence-electron chi connectivity index (χ0n) is 9.56. The molecule has 0 bridgehead atoms. The number of likely N-dealkylation sites (tertiary alicyclic amines) is 1. The lowest BCUT2D eigenvalue weighted by atomic mass is 10.1. The number of rotatable bonds is 3. The summed E-state index contributed by atoms with van der Waals surface area (Å²) >= 11 is 6.13. The van der Waals surface area contributed by atoms with Gasteiger partial charge in [-0.05, 0) is 36.6 Å². The molecule has 1 unspecified atom stereocenters. The smallest absolute Gasteiger partial charge is 0.0992 e. The Kier molecular flexibility index (Phi) is 4.01. The first kappa shape index (κ1) is 12.4. The molecule has 1 saturated heterocycles. The molecular formula is C13H15ClN2O. The van der Waals surface area contributed by atoms with Crippen molar-refractivity contribution in [3.63, 3.8) is 0 Å². The first-order valence-corrected chi connectivity index (χ1v) is 6.12.